The number of amides is 1. The third-order valence-electron chi connectivity index (χ3n) is 4.19. The summed E-state index contributed by atoms with van der Waals surface area (Å²) in [7, 11) is 1.76. The molecule has 1 amide bonds. The number of furan rings is 1. The van der Waals surface area contributed by atoms with Crippen LogP contribution in [0, 0.1) is 6.92 Å². The van der Waals surface area contributed by atoms with Crippen LogP contribution < -0.4 is 9.47 Å². The molecule has 122 valence electrons. The van der Waals surface area contributed by atoms with E-state index < -0.39 is 0 Å². The number of fused-ring (bicyclic) bond motifs is 2. The van der Waals surface area contributed by atoms with E-state index in [4.69, 9.17) is 13.9 Å². The van der Waals surface area contributed by atoms with Gasteiger partial charge >= 0.3 is 0 Å². The van der Waals surface area contributed by atoms with Gasteiger partial charge in [-0.05, 0) is 42.3 Å². The van der Waals surface area contributed by atoms with Gasteiger partial charge in [0.25, 0.3) is 5.91 Å². The van der Waals surface area contributed by atoms with E-state index in [9.17, 15) is 4.79 Å². The standard InChI is InChI=1S/C19H17NO4/c1-12-4-3-5-15-14(12)9-18(24-15)19(21)20(2)10-13-6-7-16-17(8-13)23-11-22-16/h3-9H,10-11H2,1-2H3. The highest BCUT2D eigenvalue weighted by atomic mass is 16.7. The largest absolute Gasteiger partial charge is 0.454 e. The van der Waals surface area contributed by atoms with Gasteiger partial charge in [-0.25, -0.2) is 0 Å². The summed E-state index contributed by atoms with van der Waals surface area (Å²) in [6, 6.07) is 13.3. The number of carbonyl (C=O) groups excluding carboxylic acids is 1. The molecule has 4 rings (SSSR count). The SMILES string of the molecule is Cc1cccc2oc(C(=O)N(C)Cc3ccc4c(c3)OCO4)cc12. The van der Waals surface area contributed by atoms with Crippen LogP contribution in [0.5, 0.6) is 11.5 Å². The second kappa shape index (κ2) is 5.60. The average Bonchev–Trinajstić information content (AvgIpc) is 3.20. The summed E-state index contributed by atoms with van der Waals surface area (Å²) in [5.41, 5.74) is 2.80. The molecule has 5 nitrogen and oxygen atoms in total. The van der Waals surface area contributed by atoms with E-state index in [2.05, 4.69) is 0 Å². The zero-order valence-corrected chi connectivity index (χ0v) is 13.5. The lowest BCUT2D eigenvalue weighted by atomic mass is 10.1. The Labute approximate surface area is 139 Å². The maximum Gasteiger partial charge on any atom is 0.289 e. The molecule has 0 atom stereocenters. The molecule has 3 aromatic rings. The van der Waals surface area contributed by atoms with Crippen LogP contribution in [0.15, 0.2) is 46.9 Å². The Hall–Kier alpha value is -2.95. The fourth-order valence-corrected chi connectivity index (χ4v) is 2.89. The number of nitrogens with zero attached hydrogens (tertiary/aromatic N) is 1. The summed E-state index contributed by atoms with van der Waals surface area (Å²) in [4.78, 5) is 14.3. The van der Waals surface area contributed by atoms with Crippen molar-refractivity contribution < 1.29 is 18.7 Å². The van der Waals surface area contributed by atoms with E-state index >= 15 is 0 Å². The fourth-order valence-electron chi connectivity index (χ4n) is 2.89. The van der Waals surface area contributed by atoms with Gasteiger partial charge in [-0.1, -0.05) is 18.2 Å². The summed E-state index contributed by atoms with van der Waals surface area (Å²) in [5.74, 6) is 1.65. The smallest absolute Gasteiger partial charge is 0.289 e. The molecule has 0 radical (unpaired) electrons. The van der Waals surface area contributed by atoms with Crippen molar-refractivity contribution in [3.63, 3.8) is 0 Å². The molecule has 0 spiro atoms. The predicted molar refractivity (Wildman–Crippen MR) is 89.3 cm³/mol. The normalized spacial score (nSPS) is 12.6. The minimum Gasteiger partial charge on any atom is -0.454 e. The summed E-state index contributed by atoms with van der Waals surface area (Å²) < 4.78 is 16.4. The summed E-state index contributed by atoms with van der Waals surface area (Å²) >= 11 is 0. The van der Waals surface area contributed by atoms with Crippen molar-refractivity contribution in [2.24, 2.45) is 0 Å². The summed E-state index contributed by atoms with van der Waals surface area (Å²) in [6.07, 6.45) is 0. The van der Waals surface area contributed by atoms with E-state index in [1.807, 2.05) is 49.4 Å². The van der Waals surface area contributed by atoms with E-state index in [0.29, 0.717) is 18.1 Å². The average molecular weight is 323 g/mol. The molecule has 0 saturated heterocycles. The Morgan fingerprint density at radius 1 is 1.12 bits per heavy atom. The van der Waals surface area contributed by atoms with E-state index in [1.54, 1.807) is 11.9 Å². The number of hydrogen-bond acceptors (Lipinski definition) is 4. The van der Waals surface area contributed by atoms with E-state index in [0.717, 1.165) is 27.8 Å². The van der Waals surface area contributed by atoms with Crippen molar-refractivity contribution in [3.05, 3.63) is 59.4 Å². The maximum atomic E-state index is 12.6. The molecule has 5 heteroatoms. The van der Waals surface area contributed by atoms with Crippen LogP contribution >= 0.6 is 0 Å². The van der Waals surface area contributed by atoms with Crippen molar-refractivity contribution in [2.45, 2.75) is 13.5 Å². The number of rotatable bonds is 3. The van der Waals surface area contributed by atoms with Gasteiger partial charge in [-0.3, -0.25) is 4.79 Å². The van der Waals surface area contributed by atoms with E-state index in [1.165, 1.54) is 0 Å². The molecular formula is C19H17NO4. The molecule has 1 aliphatic heterocycles. The first-order valence-electron chi connectivity index (χ1n) is 7.75. The van der Waals surface area contributed by atoms with Crippen LogP contribution in [0.4, 0.5) is 0 Å². The van der Waals surface area contributed by atoms with Crippen molar-refractivity contribution >= 4 is 16.9 Å². The van der Waals surface area contributed by atoms with Gasteiger partial charge in [0.2, 0.25) is 6.79 Å². The Balaban J connectivity index is 1.55. The van der Waals surface area contributed by atoms with Crippen LogP contribution in [-0.2, 0) is 6.54 Å². The Kier molecular flexibility index (Phi) is 3.41. The highest BCUT2D eigenvalue weighted by Gasteiger charge is 2.19. The zero-order chi connectivity index (χ0) is 16.7. The van der Waals surface area contributed by atoms with Gasteiger partial charge in [0, 0.05) is 19.0 Å². The predicted octanol–water partition coefficient (Wildman–Crippen LogP) is 3.74. The van der Waals surface area contributed by atoms with Crippen LogP contribution in [0.2, 0.25) is 0 Å². The number of ether oxygens (including phenoxy) is 2. The van der Waals surface area contributed by atoms with Crippen LogP contribution in [0.1, 0.15) is 21.7 Å². The summed E-state index contributed by atoms with van der Waals surface area (Å²) in [6.45, 7) is 2.71. The third-order valence-corrected chi connectivity index (χ3v) is 4.19. The first-order chi connectivity index (χ1) is 11.6. The van der Waals surface area contributed by atoms with Crippen molar-refractivity contribution in [3.8, 4) is 11.5 Å². The Morgan fingerprint density at radius 3 is 2.79 bits per heavy atom. The Morgan fingerprint density at radius 2 is 1.96 bits per heavy atom. The molecule has 1 aromatic heterocycles. The molecule has 24 heavy (non-hydrogen) atoms. The molecule has 0 aliphatic carbocycles. The van der Waals surface area contributed by atoms with Crippen LogP contribution in [0.3, 0.4) is 0 Å². The molecule has 0 saturated carbocycles. The number of aryl methyl sites for hydroxylation is 1. The molecule has 2 heterocycles. The van der Waals surface area contributed by atoms with Gasteiger partial charge in [0.05, 0.1) is 0 Å². The van der Waals surface area contributed by atoms with Crippen molar-refractivity contribution in [1.29, 1.82) is 0 Å². The second-order valence-electron chi connectivity index (χ2n) is 5.95. The van der Waals surface area contributed by atoms with Crippen molar-refractivity contribution in [1.82, 2.24) is 4.90 Å². The maximum absolute atomic E-state index is 12.6. The van der Waals surface area contributed by atoms with Gasteiger partial charge in [0.15, 0.2) is 17.3 Å². The molecule has 2 aromatic carbocycles. The van der Waals surface area contributed by atoms with E-state index in [-0.39, 0.29) is 12.7 Å². The van der Waals surface area contributed by atoms with Gasteiger partial charge in [-0.2, -0.15) is 0 Å². The van der Waals surface area contributed by atoms with Gasteiger partial charge in [-0.15, -0.1) is 0 Å². The minimum absolute atomic E-state index is 0.150. The highest BCUT2D eigenvalue weighted by molar-refractivity contribution is 5.96. The monoisotopic (exact) mass is 323 g/mol. The lowest BCUT2D eigenvalue weighted by molar-refractivity contribution is 0.0755. The number of carbonyl (C=O) groups is 1. The first kappa shape index (κ1) is 14.6. The third kappa shape index (κ3) is 2.48. The Bertz CT molecular complexity index is 928. The molecule has 1 aliphatic rings. The second-order valence-corrected chi connectivity index (χ2v) is 5.95. The first-order valence-corrected chi connectivity index (χ1v) is 7.75. The zero-order valence-electron chi connectivity index (χ0n) is 13.5. The lowest BCUT2D eigenvalue weighted by Crippen LogP contribution is -2.25. The van der Waals surface area contributed by atoms with Gasteiger partial charge in [0.1, 0.15) is 5.58 Å². The number of hydrogen-bond donors (Lipinski definition) is 0. The highest BCUT2D eigenvalue weighted by Crippen LogP contribution is 2.33. The molecule has 0 unspecified atom stereocenters. The number of benzene rings is 2. The minimum atomic E-state index is -0.150. The summed E-state index contributed by atoms with van der Waals surface area (Å²) in [5, 5.41) is 0.970. The molecule has 0 N–H and O–H groups in total. The molecular weight excluding hydrogens is 306 g/mol. The molecule has 0 bridgehead atoms. The molecule has 0 fully saturated rings. The van der Waals surface area contributed by atoms with Crippen molar-refractivity contribution in [2.75, 3.05) is 13.8 Å². The fraction of sp³-hybridized carbons (Fsp3) is 0.211. The van der Waals surface area contributed by atoms with Crippen LogP contribution in [-0.4, -0.2) is 24.6 Å². The van der Waals surface area contributed by atoms with Crippen LogP contribution in [0.25, 0.3) is 11.0 Å². The quantitative estimate of drug-likeness (QED) is 0.737. The van der Waals surface area contributed by atoms with Gasteiger partial charge < -0.3 is 18.8 Å². The topological polar surface area (TPSA) is 51.9 Å². The lowest BCUT2D eigenvalue weighted by Gasteiger charge is -2.16.